The lowest BCUT2D eigenvalue weighted by Gasteiger charge is -2.26. The fraction of sp³-hybridized carbons (Fsp3) is 0.625. The van der Waals surface area contributed by atoms with Crippen molar-refractivity contribution in [1.82, 2.24) is 20.9 Å². The van der Waals surface area contributed by atoms with E-state index < -0.39 is 36.4 Å². The molecular weight excluding hydrogens is 216 g/mol. The first-order chi connectivity index (χ1) is 7.54. The summed E-state index contributed by atoms with van der Waals surface area (Å²) < 4.78 is 0. The maximum absolute atomic E-state index is 11.6. The molecule has 2 aliphatic heterocycles. The van der Waals surface area contributed by atoms with Gasteiger partial charge in [-0.2, -0.15) is 0 Å². The molecule has 2 saturated heterocycles. The van der Waals surface area contributed by atoms with Crippen LogP contribution in [0, 0.1) is 0 Å². The summed E-state index contributed by atoms with van der Waals surface area (Å²) in [5.74, 6) is -1.08. The quantitative estimate of drug-likeness (QED) is 0.488. The van der Waals surface area contributed by atoms with Crippen LogP contribution in [0.2, 0.25) is 0 Å². The molecule has 0 bridgehead atoms. The van der Waals surface area contributed by atoms with Gasteiger partial charge in [-0.15, -0.1) is 0 Å². The average molecular weight is 228 g/mol. The Labute approximate surface area is 91.0 Å². The number of amides is 4. The van der Waals surface area contributed by atoms with Gasteiger partial charge >= 0.3 is 18.0 Å². The fourth-order valence-corrected chi connectivity index (χ4v) is 1.98. The Hall–Kier alpha value is -1.99. The molecule has 4 amide bonds. The molecule has 3 atom stereocenters. The predicted octanol–water partition coefficient (Wildman–Crippen LogP) is -1.16. The Kier molecular flexibility index (Phi) is 2.33. The number of carbonyl (C=O) groups excluding carboxylic acids is 2. The van der Waals surface area contributed by atoms with Gasteiger partial charge in [-0.25, -0.2) is 14.4 Å². The van der Waals surface area contributed by atoms with Gasteiger partial charge in [-0.05, 0) is 6.42 Å². The summed E-state index contributed by atoms with van der Waals surface area (Å²) >= 11 is 0. The summed E-state index contributed by atoms with van der Waals surface area (Å²) in [5, 5.41) is 16.5. The maximum Gasteiger partial charge on any atom is 0.326 e. The molecule has 0 radical (unpaired) electrons. The van der Waals surface area contributed by atoms with Crippen molar-refractivity contribution in [3.05, 3.63) is 0 Å². The van der Waals surface area contributed by atoms with Gasteiger partial charge in [-0.1, -0.05) is 6.92 Å². The van der Waals surface area contributed by atoms with Crippen LogP contribution in [-0.4, -0.2) is 46.4 Å². The summed E-state index contributed by atoms with van der Waals surface area (Å²) in [4.78, 5) is 34.7. The van der Waals surface area contributed by atoms with E-state index in [9.17, 15) is 14.4 Å². The van der Waals surface area contributed by atoms with Crippen molar-refractivity contribution in [1.29, 1.82) is 0 Å². The molecule has 2 fully saturated rings. The molecule has 88 valence electrons. The molecule has 2 heterocycles. The molecule has 8 nitrogen and oxygen atoms in total. The van der Waals surface area contributed by atoms with Crippen LogP contribution >= 0.6 is 0 Å². The van der Waals surface area contributed by atoms with E-state index in [2.05, 4.69) is 16.0 Å². The van der Waals surface area contributed by atoms with Crippen molar-refractivity contribution in [2.45, 2.75) is 31.7 Å². The predicted molar refractivity (Wildman–Crippen MR) is 51.3 cm³/mol. The number of carboxylic acids is 1. The van der Waals surface area contributed by atoms with E-state index in [0.29, 0.717) is 0 Å². The normalized spacial score (nSPS) is 29.2. The lowest BCUT2D eigenvalue weighted by molar-refractivity contribution is -0.142. The Balaban J connectivity index is 2.22. The van der Waals surface area contributed by atoms with Crippen LogP contribution in [0.4, 0.5) is 9.59 Å². The van der Waals surface area contributed by atoms with E-state index in [4.69, 9.17) is 5.11 Å². The molecule has 0 unspecified atom stereocenters. The minimum absolute atomic E-state index is 0.280. The maximum atomic E-state index is 11.6. The lowest BCUT2D eigenvalue weighted by Crippen LogP contribution is -2.51. The zero-order valence-corrected chi connectivity index (χ0v) is 8.56. The third-order valence-corrected chi connectivity index (χ3v) is 2.70. The minimum atomic E-state index is -1.08. The number of urea groups is 2. The highest BCUT2D eigenvalue weighted by atomic mass is 16.4. The van der Waals surface area contributed by atoms with Crippen molar-refractivity contribution in [2.75, 3.05) is 0 Å². The van der Waals surface area contributed by atoms with Gasteiger partial charge in [0.1, 0.15) is 18.4 Å². The van der Waals surface area contributed by atoms with Gasteiger partial charge in [0.2, 0.25) is 0 Å². The first-order valence-electron chi connectivity index (χ1n) is 4.93. The summed E-state index contributed by atoms with van der Waals surface area (Å²) in [7, 11) is 0. The smallest absolute Gasteiger partial charge is 0.326 e. The zero-order chi connectivity index (χ0) is 11.9. The first-order valence-corrected chi connectivity index (χ1v) is 4.93. The molecule has 16 heavy (non-hydrogen) atoms. The fourth-order valence-electron chi connectivity index (χ4n) is 1.98. The van der Waals surface area contributed by atoms with E-state index in [-0.39, 0.29) is 6.42 Å². The van der Waals surface area contributed by atoms with Crippen molar-refractivity contribution in [3.63, 3.8) is 0 Å². The molecule has 4 N–H and O–H groups in total. The summed E-state index contributed by atoms with van der Waals surface area (Å²) in [6, 6.07) is -1.84. The van der Waals surface area contributed by atoms with Crippen LogP contribution in [0.3, 0.4) is 0 Å². The van der Waals surface area contributed by atoms with Gasteiger partial charge in [0.15, 0.2) is 0 Å². The number of carbonyl (C=O) groups is 3. The SMILES string of the molecule is CC[C@@H](C(=O)O)N1C(=O)N[C@@H]2NC(=O)N[C@@H]21. The second-order valence-corrected chi connectivity index (χ2v) is 3.66. The largest absolute Gasteiger partial charge is 0.480 e. The van der Waals surface area contributed by atoms with Crippen molar-refractivity contribution in [2.24, 2.45) is 0 Å². The third-order valence-electron chi connectivity index (χ3n) is 2.70. The van der Waals surface area contributed by atoms with E-state index in [0.717, 1.165) is 4.90 Å². The van der Waals surface area contributed by atoms with Crippen LogP contribution in [0.25, 0.3) is 0 Å². The molecule has 2 rings (SSSR count). The molecule has 0 aromatic heterocycles. The molecule has 8 heteroatoms. The van der Waals surface area contributed by atoms with Crippen LogP contribution in [-0.2, 0) is 4.79 Å². The number of hydrogen-bond acceptors (Lipinski definition) is 3. The van der Waals surface area contributed by atoms with Crippen LogP contribution in [0.5, 0.6) is 0 Å². The Morgan fingerprint density at radius 1 is 1.44 bits per heavy atom. The highest BCUT2D eigenvalue weighted by Gasteiger charge is 2.49. The van der Waals surface area contributed by atoms with Crippen LogP contribution in [0.1, 0.15) is 13.3 Å². The average Bonchev–Trinajstić information content (AvgIpc) is 2.65. The molecular formula is C8H12N4O4. The topological polar surface area (TPSA) is 111 Å². The first kappa shape index (κ1) is 10.5. The highest BCUT2D eigenvalue weighted by Crippen LogP contribution is 2.19. The second kappa shape index (κ2) is 3.54. The summed E-state index contributed by atoms with van der Waals surface area (Å²) in [5.41, 5.74) is 0. The Bertz CT molecular complexity index is 358. The molecule has 0 aliphatic carbocycles. The van der Waals surface area contributed by atoms with Crippen LogP contribution in [0.15, 0.2) is 0 Å². The van der Waals surface area contributed by atoms with Gasteiger partial charge in [-0.3, -0.25) is 4.90 Å². The van der Waals surface area contributed by atoms with E-state index >= 15 is 0 Å². The zero-order valence-electron chi connectivity index (χ0n) is 8.56. The van der Waals surface area contributed by atoms with Gasteiger partial charge in [0.25, 0.3) is 0 Å². The van der Waals surface area contributed by atoms with Crippen molar-refractivity contribution >= 4 is 18.0 Å². The summed E-state index contributed by atoms with van der Waals surface area (Å²) in [6.07, 6.45) is -0.920. The van der Waals surface area contributed by atoms with E-state index in [1.165, 1.54) is 0 Å². The number of nitrogens with zero attached hydrogens (tertiary/aromatic N) is 1. The number of nitrogens with one attached hydrogen (secondary N) is 3. The monoisotopic (exact) mass is 228 g/mol. The van der Waals surface area contributed by atoms with Gasteiger partial charge in [0.05, 0.1) is 0 Å². The Morgan fingerprint density at radius 3 is 2.69 bits per heavy atom. The molecule has 2 aliphatic rings. The van der Waals surface area contributed by atoms with Crippen molar-refractivity contribution < 1.29 is 19.5 Å². The lowest BCUT2D eigenvalue weighted by atomic mass is 10.2. The number of fused-ring (bicyclic) bond motifs is 1. The van der Waals surface area contributed by atoms with Gasteiger partial charge in [0, 0.05) is 0 Å². The standard InChI is InChI=1S/C8H12N4O4/c1-2-3(6(13)14)12-5-4(10-8(12)16)9-7(15)11-5/h3-5H,2H2,1H3,(H,10,16)(H,13,14)(H2,9,11,15)/t3-,4-,5+/m0/s1. The van der Waals surface area contributed by atoms with E-state index in [1.54, 1.807) is 6.92 Å². The highest BCUT2D eigenvalue weighted by molar-refractivity contribution is 5.88. The second-order valence-electron chi connectivity index (χ2n) is 3.66. The molecule has 0 spiro atoms. The number of aliphatic carboxylic acids is 1. The number of hydrogen-bond donors (Lipinski definition) is 4. The molecule has 0 saturated carbocycles. The Morgan fingerprint density at radius 2 is 2.12 bits per heavy atom. The third kappa shape index (κ3) is 1.42. The molecule has 0 aromatic rings. The minimum Gasteiger partial charge on any atom is -0.480 e. The van der Waals surface area contributed by atoms with E-state index in [1.807, 2.05) is 0 Å². The summed E-state index contributed by atoms with van der Waals surface area (Å²) in [6.45, 7) is 1.67. The van der Waals surface area contributed by atoms with Crippen molar-refractivity contribution in [3.8, 4) is 0 Å². The van der Waals surface area contributed by atoms with Crippen LogP contribution < -0.4 is 16.0 Å². The number of rotatable bonds is 3. The molecule has 0 aromatic carbocycles. The number of carboxylic acid groups (broad SMARTS) is 1. The van der Waals surface area contributed by atoms with Gasteiger partial charge < -0.3 is 21.1 Å².